The number of methoxy groups -OCH3 is 1. The highest BCUT2D eigenvalue weighted by Gasteiger charge is 2.14. The van der Waals surface area contributed by atoms with Crippen molar-refractivity contribution in [1.29, 1.82) is 5.26 Å². The first-order chi connectivity index (χ1) is 13.1. The Hall–Kier alpha value is -3.92. The number of nitrogens with one attached hydrogen (secondary N) is 2. The normalized spacial score (nSPS) is 10.9. The first-order valence-electron chi connectivity index (χ1n) is 7.98. The summed E-state index contributed by atoms with van der Waals surface area (Å²) in [4.78, 5) is 12.5. The van der Waals surface area contributed by atoms with E-state index in [1.165, 1.54) is 31.5 Å². The fourth-order valence-electron chi connectivity index (χ4n) is 2.49. The highest BCUT2D eigenvalue weighted by Crippen LogP contribution is 2.25. The molecule has 3 aromatic rings. The Kier molecular flexibility index (Phi) is 5.28. The minimum Gasteiger partial charge on any atom is -0.495 e. The maximum atomic E-state index is 13.1. The molecule has 0 saturated carbocycles. The highest BCUT2D eigenvalue weighted by atomic mass is 19.1. The number of hydrogen-bond donors (Lipinski definition) is 2. The van der Waals surface area contributed by atoms with Gasteiger partial charge >= 0.3 is 0 Å². The van der Waals surface area contributed by atoms with Gasteiger partial charge in [0, 0.05) is 11.1 Å². The van der Waals surface area contributed by atoms with Crippen LogP contribution >= 0.6 is 0 Å². The summed E-state index contributed by atoms with van der Waals surface area (Å²) in [5.41, 5.74) is 2.14. The maximum absolute atomic E-state index is 13.1. The van der Waals surface area contributed by atoms with Crippen molar-refractivity contribution in [3.63, 3.8) is 0 Å². The number of para-hydroxylation sites is 2. The summed E-state index contributed by atoms with van der Waals surface area (Å²) >= 11 is 0. The molecule has 0 fully saturated rings. The average Bonchev–Trinajstić information content (AvgIpc) is 3.15. The summed E-state index contributed by atoms with van der Waals surface area (Å²) in [6, 6.07) is 14.6. The number of anilines is 1. The predicted molar refractivity (Wildman–Crippen MR) is 99.2 cm³/mol. The third-order valence-electron chi connectivity index (χ3n) is 3.82. The highest BCUT2D eigenvalue weighted by molar-refractivity contribution is 6.10. The number of carbonyl (C=O) groups excluding carboxylic acids is 1. The van der Waals surface area contributed by atoms with Crippen LogP contribution in [0.25, 0.3) is 17.3 Å². The number of aromatic amines is 1. The molecule has 7 heteroatoms. The van der Waals surface area contributed by atoms with Crippen molar-refractivity contribution in [3.05, 3.63) is 71.7 Å². The molecular formula is C20H15FN4O2. The molecule has 0 radical (unpaired) electrons. The van der Waals surface area contributed by atoms with Gasteiger partial charge in [0.05, 0.1) is 24.7 Å². The molecule has 0 aliphatic heterocycles. The molecule has 1 amide bonds. The molecule has 1 heterocycles. The lowest BCUT2D eigenvalue weighted by atomic mass is 10.1. The van der Waals surface area contributed by atoms with E-state index in [4.69, 9.17) is 4.74 Å². The van der Waals surface area contributed by atoms with Crippen molar-refractivity contribution in [2.45, 2.75) is 0 Å². The van der Waals surface area contributed by atoms with Crippen LogP contribution in [0.3, 0.4) is 0 Å². The molecule has 3 rings (SSSR count). The van der Waals surface area contributed by atoms with E-state index in [2.05, 4.69) is 15.5 Å². The Balaban J connectivity index is 1.89. The van der Waals surface area contributed by atoms with E-state index in [0.29, 0.717) is 28.3 Å². The first-order valence-corrected chi connectivity index (χ1v) is 7.98. The monoisotopic (exact) mass is 362 g/mol. The summed E-state index contributed by atoms with van der Waals surface area (Å²) in [6.07, 6.45) is 2.92. The lowest BCUT2D eigenvalue weighted by Gasteiger charge is -2.09. The minimum atomic E-state index is -0.576. The topological polar surface area (TPSA) is 90.8 Å². The second kappa shape index (κ2) is 7.97. The van der Waals surface area contributed by atoms with Crippen LogP contribution in [0.4, 0.5) is 10.1 Å². The molecule has 6 nitrogen and oxygen atoms in total. The van der Waals surface area contributed by atoms with Crippen LogP contribution in [0.5, 0.6) is 5.75 Å². The van der Waals surface area contributed by atoms with E-state index >= 15 is 0 Å². The molecule has 134 valence electrons. The molecule has 0 atom stereocenters. The summed E-state index contributed by atoms with van der Waals surface area (Å²) in [5.74, 6) is -0.448. The number of carbonyl (C=O) groups is 1. The van der Waals surface area contributed by atoms with Gasteiger partial charge in [0.1, 0.15) is 23.2 Å². The zero-order chi connectivity index (χ0) is 19.2. The summed E-state index contributed by atoms with van der Waals surface area (Å²) in [6.45, 7) is 0. The smallest absolute Gasteiger partial charge is 0.266 e. The van der Waals surface area contributed by atoms with E-state index < -0.39 is 5.91 Å². The van der Waals surface area contributed by atoms with Gasteiger partial charge in [-0.05, 0) is 42.5 Å². The Morgan fingerprint density at radius 2 is 2.00 bits per heavy atom. The predicted octanol–water partition coefficient (Wildman–Crippen LogP) is 3.77. The van der Waals surface area contributed by atoms with Gasteiger partial charge in [0.25, 0.3) is 5.91 Å². The molecule has 2 aromatic carbocycles. The molecule has 1 aromatic heterocycles. The number of benzene rings is 2. The number of rotatable bonds is 5. The first kappa shape index (κ1) is 17.9. The number of hydrogen-bond acceptors (Lipinski definition) is 4. The van der Waals surface area contributed by atoms with E-state index in [0.717, 1.165) is 0 Å². The van der Waals surface area contributed by atoms with Gasteiger partial charge in [-0.2, -0.15) is 10.4 Å². The van der Waals surface area contributed by atoms with Crippen molar-refractivity contribution in [2.24, 2.45) is 0 Å². The lowest BCUT2D eigenvalue weighted by molar-refractivity contribution is -0.112. The van der Waals surface area contributed by atoms with Gasteiger partial charge in [0.2, 0.25) is 0 Å². The number of ether oxygens (including phenoxy) is 1. The van der Waals surface area contributed by atoms with Gasteiger partial charge < -0.3 is 10.1 Å². The molecule has 27 heavy (non-hydrogen) atoms. The average molecular weight is 362 g/mol. The lowest BCUT2D eigenvalue weighted by Crippen LogP contribution is -2.14. The zero-order valence-electron chi connectivity index (χ0n) is 14.4. The molecular weight excluding hydrogens is 347 g/mol. The quantitative estimate of drug-likeness (QED) is 0.534. The van der Waals surface area contributed by atoms with Crippen LogP contribution in [0.15, 0.2) is 60.3 Å². The standard InChI is InChI=1S/C20H15FN4O2/c1-27-18-5-3-2-4-17(18)24-20(26)14(11-22)10-15-12-23-25-19(15)13-6-8-16(21)9-7-13/h2-10,12H,1H3,(H,23,25)(H,24,26). The summed E-state index contributed by atoms with van der Waals surface area (Å²) in [5, 5.41) is 18.8. The van der Waals surface area contributed by atoms with Gasteiger partial charge in [-0.1, -0.05) is 12.1 Å². The zero-order valence-corrected chi connectivity index (χ0v) is 14.4. The van der Waals surface area contributed by atoms with E-state index in [1.807, 2.05) is 6.07 Å². The van der Waals surface area contributed by atoms with Gasteiger partial charge in [-0.15, -0.1) is 0 Å². The Bertz CT molecular complexity index is 1030. The van der Waals surface area contributed by atoms with Crippen LogP contribution in [0.1, 0.15) is 5.56 Å². The second-order valence-corrected chi connectivity index (χ2v) is 5.53. The van der Waals surface area contributed by atoms with Crippen LogP contribution in [0, 0.1) is 17.1 Å². The summed E-state index contributed by atoms with van der Waals surface area (Å²) in [7, 11) is 1.49. The van der Waals surface area contributed by atoms with Gasteiger partial charge in [-0.25, -0.2) is 4.39 Å². The van der Waals surface area contributed by atoms with Crippen molar-refractivity contribution < 1.29 is 13.9 Å². The van der Waals surface area contributed by atoms with Crippen molar-refractivity contribution in [1.82, 2.24) is 10.2 Å². The molecule has 2 N–H and O–H groups in total. The molecule has 0 aliphatic rings. The van der Waals surface area contributed by atoms with E-state index in [9.17, 15) is 14.4 Å². The Morgan fingerprint density at radius 3 is 2.70 bits per heavy atom. The van der Waals surface area contributed by atoms with Crippen LogP contribution < -0.4 is 10.1 Å². The third-order valence-corrected chi connectivity index (χ3v) is 3.82. The van der Waals surface area contributed by atoms with E-state index in [-0.39, 0.29) is 11.4 Å². The van der Waals surface area contributed by atoms with Crippen molar-refractivity contribution in [3.8, 4) is 23.1 Å². The van der Waals surface area contributed by atoms with E-state index in [1.54, 1.807) is 36.4 Å². The number of aromatic nitrogens is 2. The number of nitriles is 1. The number of amides is 1. The SMILES string of the molecule is COc1ccccc1NC(=O)C(C#N)=Cc1cn[nH]c1-c1ccc(F)cc1. The fraction of sp³-hybridized carbons (Fsp3) is 0.0500. The van der Waals surface area contributed by atoms with Gasteiger partial charge in [-0.3, -0.25) is 9.89 Å². The molecule has 0 saturated heterocycles. The van der Waals surface area contributed by atoms with Crippen molar-refractivity contribution >= 4 is 17.7 Å². The van der Waals surface area contributed by atoms with Crippen molar-refractivity contribution in [2.75, 3.05) is 12.4 Å². The number of H-pyrrole nitrogens is 1. The number of halogens is 1. The fourth-order valence-corrected chi connectivity index (χ4v) is 2.49. The Morgan fingerprint density at radius 1 is 1.26 bits per heavy atom. The molecule has 0 spiro atoms. The second-order valence-electron chi connectivity index (χ2n) is 5.53. The van der Waals surface area contributed by atoms with Crippen LogP contribution in [0.2, 0.25) is 0 Å². The van der Waals surface area contributed by atoms with Crippen LogP contribution in [-0.2, 0) is 4.79 Å². The molecule has 0 unspecified atom stereocenters. The minimum absolute atomic E-state index is 0.106. The van der Waals surface area contributed by atoms with Crippen LogP contribution in [-0.4, -0.2) is 23.2 Å². The molecule has 0 aliphatic carbocycles. The van der Waals surface area contributed by atoms with Gasteiger partial charge in [0.15, 0.2) is 0 Å². The third kappa shape index (κ3) is 4.02. The Labute approximate surface area is 154 Å². The summed E-state index contributed by atoms with van der Waals surface area (Å²) < 4.78 is 18.3. The largest absolute Gasteiger partial charge is 0.495 e. The maximum Gasteiger partial charge on any atom is 0.266 e. The number of nitrogens with zero attached hydrogens (tertiary/aromatic N) is 2. The molecule has 0 bridgehead atoms.